The minimum Gasteiger partial charge on any atom is -0.347 e. The summed E-state index contributed by atoms with van der Waals surface area (Å²) in [5, 5.41) is 3.23. The van der Waals surface area contributed by atoms with E-state index >= 15 is 0 Å². The van der Waals surface area contributed by atoms with Crippen LogP contribution < -0.4 is 0 Å². The Morgan fingerprint density at radius 1 is 1.45 bits per heavy atom. The van der Waals surface area contributed by atoms with Gasteiger partial charge in [-0.3, -0.25) is 4.79 Å². The predicted molar refractivity (Wildman–Crippen MR) is 81.4 cm³/mol. The summed E-state index contributed by atoms with van der Waals surface area (Å²) in [5.74, 6) is 0.594. The first kappa shape index (κ1) is 13.6. The molecular weight excluding hydrogens is 268 g/mol. The van der Waals surface area contributed by atoms with E-state index in [4.69, 9.17) is 4.98 Å². The summed E-state index contributed by atoms with van der Waals surface area (Å²) in [4.78, 5) is 16.7. The van der Waals surface area contributed by atoms with Gasteiger partial charge in [0.2, 0.25) is 0 Å². The van der Waals surface area contributed by atoms with Crippen molar-refractivity contribution in [2.45, 2.75) is 45.6 Å². The van der Waals surface area contributed by atoms with Gasteiger partial charge in [0.05, 0.1) is 12.2 Å². The van der Waals surface area contributed by atoms with Crippen molar-refractivity contribution in [3.63, 3.8) is 0 Å². The smallest absolute Gasteiger partial charge is 0.167 e. The van der Waals surface area contributed by atoms with E-state index in [1.54, 1.807) is 11.3 Å². The molecular formula is C16H20N2OS. The van der Waals surface area contributed by atoms with Gasteiger partial charge in [0.1, 0.15) is 5.01 Å². The monoisotopic (exact) mass is 288 g/mol. The molecule has 3 nitrogen and oxygen atoms in total. The lowest BCUT2D eigenvalue weighted by Crippen LogP contribution is -2.11. The lowest BCUT2D eigenvalue weighted by Gasteiger charge is -2.14. The fourth-order valence-electron chi connectivity index (χ4n) is 2.15. The zero-order chi connectivity index (χ0) is 14.3. The third kappa shape index (κ3) is 2.85. The van der Waals surface area contributed by atoms with Crippen molar-refractivity contribution < 1.29 is 4.79 Å². The molecule has 1 fully saturated rings. The zero-order valence-corrected chi connectivity index (χ0v) is 13.0. The van der Waals surface area contributed by atoms with Crippen LogP contribution in [0.3, 0.4) is 0 Å². The van der Waals surface area contributed by atoms with Gasteiger partial charge in [0.15, 0.2) is 5.78 Å². The summed E-state index contributed by atoms with van der Waals surface area (Å²) < 4.78 is 2.06. The summed E-state index contributed by atoms with van der Waals surface area (Å²) in [6.45, 7) is 7.27. The standard InChI is InChI=1S/C16H20N2OS/c1-16(2,3)13-10-20-14(17-13)9-18-7-6-12(8-18)15(19)11-4-5-11/h6-8,10-11H,4-5,9H2,1-3H3. The third-order valence-electron chi connectivity index (χ3n) is 3.62. The van der Waals surface area contributed by atoms with Crippen molar-refractivity contribution in [2.75, 3.05) is 0 Å². The van der Waals surface area contributed by atoms with E-state index in [2.05, 4.69) is 30.7 Å². The average Bonchev–Trinajstić information content (AvgIpc) is 2.93. The lowest BCUT2D eigenvalue weighted by molar-refractivity contribution is 0.0967. The van der Waals surface area contributed by atoms with Gasteiger partial charge in [-0.1, -0.05) is 20.8 Å². The van der Waals surface area contributed by atoms with Crippen LogP contribution in [-0.2, 0) is 12.0 Å². The average molecular weight is 288 g/mol. The molecule has 0 bridgehead atoms. The maximum atomic E-state index is 12.0. The van der Waals surface area contributed by atoms with Gasteiger partial charge in [-0.05, 0) is 18.9 Å². The maximum absolute atomic E-state index is 12.0. The van der Waals surface area contributed by atoms with Crippen molar-refractivity contribution in [3.05, 3.63) is 40.1 Å². The van der Waals surface area contributed by atoms with Crippen molar-refractivity contribution in [1.29, 1.82) is 0 Å². The molecule has 20 heavy (non-hydrogen) atoms. The molecule has 0 amide bonds. The van der Waals surface area contributed by atoms with E-state index in [1.165, 1.54) is 0 Å². The van der Waals surface area contributed by atoms with Gasteiger partial charge < -0.3 is 4.57 Å². The molecule has 2 heterocycles. The summed E-state index contributed by atoms with van der Waals surface area (Å²) in [6.07, 6.45) is 6.06. The van der Waals surface area contributed by atoms with Crippen LogP contribution >= 0.6 is 11.3 Å². The van der Waals surface area contributed by atoms with Crippen LogP contribution in [0.25, 0.3) is 0 Å². The fraction of sp³-hybridized carbons (Fsp3) is 0.500. The highest BCUT2D eigenvalue weighted by atomic mass is 32.1. The van der Waals surface area contributed by atoms with Crippen LogP contribution in [0.15, 0.2) is 23.8 Å². The first-order chi connectivity index (χ1) is 9.43. The van der Waals surface area contributed by atoms with Gasteiger partial charge in [-0.25, -0.2) is 4.98 Å². The molecule has 3 rings (SSSR count). The van der Waals surface area contributed by atoms with Gasteiger partial charge in [-0.2, -0.15) is 0 Å². The second kappa shape index (κ2) is 4.85. The SMILES string of the molecule is CC(C)(C)c1csc(Cn2ccc(C(=O)C3CC3)c2)n1. The molecule has 1 aliphatic rings. The summed E-state index contributed by atoms with van der Waals surface area (Å²) in [6, 6.07) is 1.93. The molecule has 2 aromatic rings. The Morgan fingerprint density at radius 3 is 2.80 bits per heavy atom. The van der Waals surface area contributed by atoms with Crippen LogP contribution in [0.4, 0.5) is 0 Å². The van der Waals surface area contributed by atoms with Crippen LogP contribution in [-0.4, -0.2) is 15.3 Å². The topological polar surface area (TPSA) is 34.9 Å². The second-order valence-corrected chi connectivity index (χ2v) is 7.53. The minimum atomic E-state index is 0.0958. The van der Waals surface area contributed by atoms with E-state index in [1.807, 2.05) is 18.5 Å². The first-order valence-electron chi connectivity index (χ1n) is 7.08. The molecule has 106 valence electrons. The van der Waals surface area contributed by atoms with Crippen LogP contribution in [0.2, 0.25) is 0 Å². The van der Waals surface area contributed by atoms with Gasteiger partial charge in [0.25, 0.3) is 0 Å². The van der Waals surface area contributed by atoms with Gasteiger partial charge in [-0.15, -0.1) is 11.3 Å². The number of carbonyl (C=O) groups excluding carboxylic acids is 1. The molecule has 0 saturated heterocycles. The molecule has 0 radical (unpaired) electrons. The highest BCUT2D eigenvalue weighted by Crippen LogP contribution is 2.32. The van der Waals surface area contributed by atoms with E-state index in [-0.39, 0.29) is 5.41 Å². The maximum Gasteiger partial charge on any atom is 0.167 e. The fourth-order valence-corrected chi connectivity index (χ4v) is 3.18. The number of nitrogens with zero attached hydrogens (tertiary/aromatic N) is 2. The molecule has 4 heteroatoms. The third-order valence-corrected chi connectivity index (χ3v) is 4.45. The quantitative estimate of drug-likeness (QED) is 0.800. The van der Waals surface area contributed by atoms with E-state index in [0.29, 0.717) is 11.7 Å². The Kier molecular flexibility index (Phi) is 3.28. The number of thiazole rings is 1. The Labute approximate surface area is 123 Å². The predicted octanol–water partition coefficient (Wildman–Crippen LogP) is 3.88. The highest BCUT2D eigenvalue weighted by molar-refractivity contribution is 7.09. The first-order valence-corrected chi connectivity index (χ1v) is 7.96. The van der Waals surface area contributed by atoms with Crippen molar-refractivity contribution >= 4 is 17.1 Å². The molecule has 1 aliphatic carbocycles. The summed E-state index contributed by atoms with van der Waals surface area (Å²) in [5.41, 5.74) is 2.08. The molecule has 0 aromatic carbocycles. The number of carbonyl (C=O) groups is 1. The van der Waals surface area contributed by atoms with Crippen LogP contribution in [0, 0.1) is 5.92 Å². The minimum absolute atomic E-state index is 0.0958. The second-order valence-electron chi connectivity index (χ2n) is 6.59. The Morgan fingerprint density at radius 2 is 2.20 bits per heavy atom. The lowest BCUT2D eigenvalue weighted by atomic mass is 9.93. The van der Waals surface area contributed by atoms with Crippen LogP contribution in [0.5, 0.6) is 0 Å². The normalized spacial score (nSPS) is 15.6. The number of hydrogen-bond acceptors (Lipinski definition) is 3. The number of hydrogen-bond donors (Lipinski definition) is 0. The Balaban J connectivity index is 1.71. The highest BCUT2D eigenvalue weighted by Gasteiger charge is 2.30. The molecule has 0 unspecified atom stereocenters. The van der Waals surface area contributed by atoms with Crippen molar-refractivity contribution in [1.82, 2.24) is 9.55 Å². The Hall–Kier alpha value is -1.42. The molecule has 0 N–H and O–H groups in total. The van der Waals surface area contributed by atoms with Gasteiger partial charge in [0, 0.05) is 34.7 Å². The number of aromatic nitrogens is 2. The summed E-state index contributed by atoms with van der Waals surface area (Å²) in [7, 11) is 0. The van der Waals surface area contributed by atoms with Crippen LogP contribution in [0.1, 0.15) is 54.7 Å². The number of Topliss-reactive ketones (excluding diaryl/α,β-unsaturated/α-hetero) is 1. The van der Waals surface area contributed by atoms with Crippen molar-refractivity contribution in [2.24, 2.45) is 5.92 Å². The number of ketones is 1. The molecule has 2 aromatic heterocycles. The largest absolute Gasteiger partial charge is 0.347 e. The molecule has 1 saturated carbocycles. The van der Waals surface area contributed by atoms with Crippen molar-refractivity contribution in [3.8, 4) is 0 Å². The summed E-state index contributed by atoms with van der Waals surface area (Å²) >= 11 is 1.69. The number of rotatable bonds is 4. The Bertz CT molecular complexity index is 629. The molecule has 0 atom stereocenters. The van der Waals surface area contributed by atoms with E-state index in [0.717, 1.165) is 35.7 Å². The molecule has 0 spiro atoms. The van der Waals surface area contributed by atoms with Gasteiger partial charge >= 0.3 is 0 Å². The van der Waals surface area contributed by atoms with E-state index < -0.39 is 0 Å². The van der Waals surface area contributed by atoms with E-state index in [9.17, 15) is 4.79 Å². The molecule has 0 aliphatic heterocycles. The zero-order valence-electron chi connectivity index (χ0n) is 12.2.